The molecular weight excluding hydrogens is 316 g/mol. The Bertz CT molecular complexity index is 1010. The third-order valence-corrected chi connectivity index (χ3v) is 4.56. The molecule has 1 aromatic carbocycles. The zero-order chi connectivity index (χ0) is 18.1. The van der Waals surface area contributed by atoms with Gasteiger partial charge in [0, 0.05) is 26.8 Å². The van der Waals surface area contributed by atoms with E-state index in [-0.39, 0.29) is 11.2 Å². The summed E-state index contributed by atoms with van der Waals surface area (Å²) in [5.74, 6) is 0. The van der Waals surface area contributed by atoms with Crippen LogP contribution in [0.4, 0.5) is 0 Å². The number of hydrogen-bond acceptors (Lipinski definition) is 3. The molecule has 6 nitrogen and oxygen atoms in total. The third kappa shape index (κ3) is 3.05. The zero-order valence-corrected chi connectivity index (χ0v) is 15.2. The van der Waals surface area contributed by atoms with Crippen molar-refractivity contribution in [1.82, 2.24) is 18.6 Å². The van der Waals surface area contributed by atoms with E-state index in [4.69, 9.17) is 0 Å². The molecule has 25 heavy (non-hydrogen) atoms. The van der Waals surface area contributed by atoms with Gasteiger partial charge < -0.3 is 9.47 Å². The summed E-state index contributed by atoms with van der Waals surface area (Å²) in [7, 11) is 7.33. The molecule has 0 bridgehead atoms. The lowest BCUT2D eigenvalue weighted by molar-refractivity contribution is 0.387. The van der Waals surface area contributed by atoms with Crippen molar-refractivity contribution < 1.29 is 0 Å². The molecule has 0 spiro atoms. The van der Waals surface area contributed by atoms with Gasteiger partial charge in [-0.15, -0.1) is 0 Å². The standard InChI is InChI=1S/C19H24N4O2/c1-20(2)11-8-12-23-13-15-16(17(23)14-9-6-5-7-10-14)18(24)22(4)19(25)21(15)3/h5-7,9-10,13H,8,11-12H2,1-4H3. The van der Waals surface area contributed by atoms with E-state index in [1.807, 2.05) is 50.6 Å². The molecule has 0 amide bonds. The largest absolute Gasteiger partial charge is 0.345 e. The maximum atomic E-state index is 12.8. The molecule has 0 saturated carbocycles. The van der Waals surface area contributed by atoms with Gasteiger partial charge in [-0.25, -0.2) is 4.79 Å². The highest BCUT2D eigenvalue weighted by molar-refractivity contribution is 5.93. The Balaban J connectivity index is 2.28. The summed E-state index contributed by atoms with van der Waals surface area (Å²) >= 11 is 0. The Kier molecular flexibility index (Phi) is 4.63. The Morgan fingerprint density at radius 1 is 1.00 bits per heavy atom. The Hall–Kier alpha value is -2.60. The predicted molar refractivity (Wildman–Crippen MR) is 101 cm³/mol. The lowest BCUT2D eigenvalue weighted by Crippen LogP contribution is -2.36. The SMILES string of the molecule is CN(C)CCCn1cc2c(c1-c1ccccc1)c(=O)n(C)c(=O)n2C. The summed E-state index contributed by atoms with van der Waals surface area (Å²) in [6.45, 7) is 1.74. The van der Waals surface area contributed by atoms with E-state index in [0.717, 1.165) is 30.8 Å². The van der Waals surface area contributed by atoms with E-state index in [2.05, 4.69) is 9.47 Å². The van der Waals surface area contributed by atoms with Crippen LogP contribution in [0.1, 0.15) is 6.42 Å². The molecule has 0 unspecified atom stereocenters. The van der Waals surface area contributed by atoms with Gasteiger partial charge in [0.05, 0.1) is 16.6 Å². The highest BCUT2D eigenvalue weighted by Crippen LogP contribution is 2.28. The molecule has 6 heteroatoms. The molecule has 0 aliphatic heterocycles. The quantitative estimate of drug-likeness (QED) is 0.710. The number of rotatable bonds is 5. The second-order valence-electron chi connectivity index (χ2n) is 6.66. The van der Waals surface area contributed by atoms with Crippen LogP contribution in [-0.2, 0) is 20.6 Å². The summed E-state index contributed by atoms with van der Waals surface area (Å²) < 4.78 is 4.83. The first-order chi connectivity index (χ1) is 11.9. The fourth-order valence-corrected chi connectivity index (χ4v) is 3.23. The van der Waals surface area contributed by atoms with Crippen molar-refractivity contribution in [2.45, 2.75) is 13.0 Å². The molecule has 0 atom stereocenters. The van der Waals surface area contributed by atoms with Gasteiger partial charge in [0.2, 0.25) is 0 Å². The molecule has 0 aliphatic carbocycles. The van der Waals surface area contributed by atoms with Crippen LogP contribution in [0.15, 0.2) is 46.1 Å². The first-order valence-corrected chi connectivity index (χ1v) is 8.41. The van der Waals surface area contributed by atoms with Crippen LogP contribution in [0.2, 0.25) is 0 Å². The minimum absolute atomic E-state index is 0.247. The molecule has 2 aromatic heterocycles. The molecule has 0 N–H and O–H groups in total. The molecule has 132 valence electrons. The molecule has 0 fully saturated rings. The van der Waals surface area contributed by atoms with E-state index in [0.29, 0.717) is 10.9 Å². The van der Waals surface area contributed by atoms with Gasteiger partial charge in [-0.1, -0.05) is 30.3 Å². The van der Waals surface area contributed by atoms with Crippen molar-refractivity contribution in [2.75, 3.05) is 20.6 Å². The van der Waals surface area contributed by atoms with Crippen LogP contribution >= 0.6 is 0 Å². The number of hydrogen-bond donors (Lipinski definition) is 0. The van der Waals surface area contributed by atoms with E-state index < -0.39 is 0 Å². The van der Waals surface area contributed by atoms with Gasteiger partial charge in [-0.3, -0.25) is 13.9 Å². The number of aromatic nitrogens is 3. The molecule has 2 heterocycles. The van der Waals surface area contributed by atoms with Gasteiger partial charge >= 0.3 is 5.69 Å². The zero-order valence-electron chi connectivity index (χ0n) is 15.2. The first kappa shape index (κ1) is 17.2. The maximum absolute atomic E-state index is 12.8. The topological polar surface area (TPSA) is 52.2 Å². The van der Waals surface area contributed by atoms with Crippen LogP contribution in [0.5, 0.6) is 0 Å². The lowest BCUT2D eigenvalue weighted by atomic mass is 10.1. The summed E-state index contributed by atoms with van der Waals surface area (Å²) in [5.41, 5.74) is 1.99. The second kappa shape index (κ2) is 6.72. The number of fused-ring (bicyclic) bond motifs is 1. The minimum atomic E-state index is -0.303. The van der Waals surface area contributed by atoms with E-state index in [9.17, 15) is 9.59 Å². The van der Waals surface area contributed by atoms with Crippen LogP contribution in [0, 0.1) is 0 Å². The highest BCUT2D eigenvalue weighted by Gasteiger charge is 2.18. The lowest BCUT2D eigenvalue weighted by Gasteiger charge is -2.12. The molecule has 0 radical (unpaired) electrons. The van der Waals surface area contributed by atoms with Crippen LogP contribution in [0.3, 0.4) is 0 Å². The predicted octanol–water partition coefficient (Wildman–Crippen LogP) is 1.66. The van der Waals surface area contributed by atoms with Gasteiger partial charge in [0.15, 0.2) is 0 Å². The Labute approximate surface area is 146 Å². The normalized spacial score (nSPS) is 11.6. The van der Waals surface area contributed by atoms with Gasteiger partial charge in [0.25, 0.3) is 5.56 Å². The third-order valence-electron chi connectivity index (χ3n) is 4.56. The monoisotopic (exact) mass is 340 g/mol. The van der Waals surface area contributed by atoms with E-state index in [1.54, 1.807) is 11.6 Å². The molecular formula is C19H24N4O2. The summed E-state index contributed by atoms with van der Waals surface area (Å²) in [6, 6.07) is 9.89. The number of nitrogens with zero attached hydrogens (tertiary/aromatic N) is 4. The Morgan fingerprint density at radius 2 is 1.68 bits per heavy atom. The summed E-state index contributed by atoms with van der Waals surface area (Å²) in [4.78, 5) is 27.2. The van der Waals surface area contributed by atoms with Crippen LogP contribution in [0.25, 0.3) is 22.2 Å². The van der Waals surface area contributed by atoms with Crippen LogP contribution < -0.4 is 11.2 Å². The second-order valence-corrected chi connectivity index (χ2v) is 6.66. The smallest absolute Gasteiger partial charge is 0.330 e. The van der Waals surface area contributed by atoms with Crippen molar-refractivity contribution in [3.8, 4) is 11.3 Å². The first-order valence-electron chi connectivity index (χ1n) is 8.41. The summed E-state index contributed by atoms with van der Waals surface area (Å²) in [5, 5.41) is 0.598. The van der Waals surface area contributed by atoms with E-state index in [1.165, 1.54) is 11.6 Å². The minimum Gasteiger partial charge on any atom is -0.345 e. The summed E-state index contributed by atoms with van der Waals surface area (Å²) in [6.07, 6.45) is 2.89. The van der Waals surface area contributed by atoms with Gasteiger partial charge in [-0.2, -0.15) is 0 Å². The van der Waals surface area contributed by atoms with Crippen LogP contribution in [-0.4, -0.2) is 39.2 Å². The molecule has 3 aromatic rings. The molecule has 0 aliphatic rings. The van der Waals surface area contributed by atoms with Crippen molar-refractivity contribution in [3.63, 3.8) is 0 Å². The average Bonchev–Trinajstić information content (AvgIpc) is 2.98. The number of aryl methyl sites for hydroxylation is 2. The Morgan fingerprint density at radius 3 is 2.32 bits per heavy atom. The van der Waals surface area contributed by atoms with Crippen molar-refractivity contribution >= 4 is 10.9 Å². The maximum Gasteiger partial charge on any atom is 0.330 e. The van der Waals surface area contributed by atoms with Crippen molar-refractivity contribution in [2.24, 2.45) is 14.1 Å². The number of benzene rings is 1. The van der Waals surface area contributed by atoms with Gasteiger partial charge in [-0.05, 0) is 32.6 Å². The molecule has 3 rings (SSSR count). The molecule has 0 saturated heterocycles. The fraction of sp³-hybridized carbons (Fsp3) is 0.368. The van der Waals surface area contributed by atoms with Gasteiger partial charge in [0.1, 0.15) is 0 Å². The van der Waals surface area contributed by atoms with E-state index >= 15 is 0 Å². The highest BCUT2D eigenvalue weighted by atomic mass is 16.2. The van der Waals surface area contributed by atoms with Crippen molar-refractivity contribution in [1.29, 1.82) is 0 Å². The fourth-order valence-electron chi connectivity index (χ4n) is 3.23. The van der Waals surface area contributed by atoms with Crippen molar-refractivity contribution in [3.05, 3.63) is 57.4 Å². The average molecular weight is 340 g/mol.